The zero-order valence-corrected chi connectivity index (χ0v) is 11.7. The highest BCUT2D eigenvalue weighted by Crippen LogP contribution is 2.24. The summed E-state index contributed by atoms with van der Waals surface area (Å²) in [4.78, 5) is 4.20. The third kappa shape index (κ3) is 2.52. The van der Waals surface area contributed by atoms with Crippen LogP contribution in [0.3, 0.4) is 0 Å². The Kier molecular flexibility index (Phi) is 3.19. The first-order valence-electron chi connectivity index (χ1n) is 6.20. The van der Waals surface area contributed by atoms with E-state index in [-0.39, 0.29) is 17.3 Å². The summed E-state index contributed by atoms with van der Waals surface area (Å²) in [6.45, 7) is 2.50. The highest BCUT2D eigenvalue weighted by molar-refractivity contribution is 7.89. The topological polar surface area (TPSA) is 97.1 Å². The summed E-state index contributed by atoms with van der Waals surface area (Å²) in [5.74, 6) is 0.719. The molecule has 2 aromatic rings. The molecule has 1 aliphatic heterocycles. The molecule has 8 heteroatoms. The van der Waals surface area contributed by atoms with E-state index in [1.807, 2.05) is 0 Å². The van der Waals surface area contributed by atoms with Gasteiger partial charge < -0.3 is 9.84 Å². The number of benzene rings is 1. The van der Waals surface area contributed by atoms with E-state index < -0.39 is 10.0 Å². The number of hydrogen-bond acceptors (Lipinski definition) is 6. The molecule has 20 heavy (non-hydrogen) atoms. The van der Waals surface area contributed by atoms with E-state index in [0.717, 1.165) is 24.2 Å². The molecule has 0 saturated heterocycles. The van der Waals surface area contributed by atoms with Crippen LogP contribution >= 0.6 is 0 Å². The van der Waals surface area contributed by atoms with E-state index in [0.29, 0.717) is 5.82 Å². The van der Waals surface area contributed by atoms with Crippen LogP contribution in [-0.2, 0) is 23.0 Å². The van der Waals surface area contributed by atoms with Crippen LogP contribution in [0.25, 0.3) is 0 Å². The number of rotatable bonds is 4. The van der Waals surface area contributed by atoms with E-state index in [1.165, 1.54) is 0 Å². The van der Waals surface area contributed by atoms with E-state index in [4.69, 9.17) is 4.52 Å². The molecule has 0 bridgehead atoms. The number of fused-ring (bicyclic) bond motifs is 1. The number of sulfonamides is 1. The standard InChI is InChI=1S/C12H14N4O3S/c1-8-15-12(19-16-8)7-14-20(17,18)10-2-3-11-9(6-10)4-5-13-11/h2-3,6,13-14H,4-5,7H2,1H3. The van der Waals surface area contributed by atoms with Gasteiger partial charge in [0.1, 0.15) is 0 Å². The summed E-state index contributed by atoms with van der Waals surface area (Å²) in [5.41, 5.74) is 2.01. The van der Waals surface area contributed by atoms with Gasteiger partial charge in [0.15, 0.2) is 5.82 Å². The fourth-order valence-corrected chi connectivity index (χ4v) is 3.13. The Labute approximate surface area is 116 Å². The van der Waals surface area contributed by atoms with Crippen molar-refractivity contribution < 1.29 is 12.9 Å². The zero-order chi connectivity index (χ0) is 14.2. The summed E-state index contributed by atoms with van der Waals surface area (Å²) < 4.78 is 31.7. The van der Waals surface area contributed by atoms with Gasteiger partial charge in [0.05, 0.1) is 11.4 Å². The van der Waals surface area contributed by atoms with Crippen molar-refractivity contribution in [3.8, 4) is 0 Å². The Morgan fingerprint density at radius 1 is 1.45 bits per heavy atom. The fourth-order valence-electron chi connectivity index (χ4n) is 2.10. The molecule has 0 radical (unpaired) electrons. The molecular weight excluding hydrogens is 280 g/mol. The molecule has 1 aromatic carbocycles. The van der Waals surface area contributed by atoms with Crippen LogP contribution in [0.4, 0.5) is 5.69 Å². The van der Waals surface area contributed by atoms with Crippen molar-refractivity contribution in [1.29, 1.82) is 0 Å². The molecule has 0 fully saturated rings. The van der Waals surface area contributed by atoms with Crippen molar-refractivity contribution >= 4 is 15.7 Å². The van der Waals surface area contributed by atoms with Gasteiger partial charge in [-0.2, -0.15) is 4.98 Å². The summed E-state index contributed by atoms with van der Waals surface area (Å²) in [6.07, 6.45) is 0.835. The molecule has 1 aliphatic rings. The number of anilines is 1. The van der Waals surface area contributed by atoms with Crippen molar-refractivity contribution in [2.75, 3.05) is 11.9 Å². The minimum atomic E-state index is -3.58. The van der Waals surface area contributed by atoms with Crippen LogP contribution in [0.2, 0.25) is 0 Å². The number of aryl methyl sites for hydroxylation is 1. The van der Waals surface area contributed by atoms with Crippen molar-refractivity contribution in [3.63, 3.8) is 0 Å². The number of aromatic nitrogens is 2. The fraction of sp³-hybridized carbons (Fsp3) is 0.333. The van der Waals surface area contributed by atoms with Crippen LogP contribution in [-0.4, -0.2) is 25.1 Å². The van der Waals surface area contributed by atoms with Crippen molar-refractivity contribution in [3.05, 3.63) is 35.5 Å². The van der Waals surface area contributed by atoms with Crippen molar-refractivity contribution in [2.24, 2.45) is 0 Å². The second kappa shape index (κ2) is 4.88. The highest BCUT2D eigenvalue weighted by atomic mass is 32.2. The summed E-state index contributed by atoms with van der Waals surface area (Å²) in [7, 11) is -3.58. The van der Waals surface area contributed by atoms with Gasteiger partial charge in [0.2, 0.25) is 15.9 Å². The maximum Gasteiger partial charge on any atom is 0.241 e. The average Bonchev–Trinajstić information content (AvgIpc) is 3.04. The van der Waals surface area contributed by atoms with Crippen LogP contribution in [0.5, 0.6) is 0 Å². The molecule has 7 nitrogen and oxygen atoms in total. The third-order valence-corrected chi connectivity index (χ3v) is 4.48. The first kappa shape index (κ1) is 13.1. The van der Waals surface area contributed by atoms with E-state index in [9.17, 15) is 8.42 Å². The Morgan fingerprint density at radius 2 is 2.30 bits per heavy atom. The molecule has 0 amide bonds. The highest BCUT2D eigenvalue weighted by Gasteiger charge is 2.19. The second-order valence-corrected chi connectivity index (χ2v) is 6.32. The van der Waals surface area contributed by atoms with Crippen LogP contribution in [0.1, 0.15) is 17.3 Å². The van der Waals surface area contributed by atoms with E-state index >= 15 is 0 Å². The second-order valence-electron chi connectivity index (χ2n) is 4.56. The predicted molar refractivity (Wildman–Crippen MR) is 71.7 cm³/mol. The average molecular weight is 294 g/mol. The molecule has 0 unspecified atom stereocenters. The maximum absolute atomic E-state index is 12.2. The molecule has 0 spiro atoms. The van der Waals surface area contributed by atoms with Gasteiger partial charge in [-0.1, -0.05) is 5.16 Å². The van der Waals surface area contributed by atoms with Crippen molar-refractivity contribution in [1.82, 2.24) is 14.9 Å². The largest absolute Gasteiger partial charge is 0.384 e. The van der Waals surface area contributed by atoms with Gasteiger partial charge in [0.25, 0.3) is 0 Å². The van der Waals surface area contributed by atoms with Crippen molar-refractivity contribution in [2.45, 2.75) is 24.8 Å². The Morgan fingerprint density at radius 3 is 3.05 bits per heavy atom. The normalized spacial score (nSPS) is 14.1. The number of nitrogens with one attached hydrogen (secondary N) is 2. The first-order chi connectivity index (χ1) is 9.54. The van der Waals surface area contributed by atoms with Gasteiger partial charge in [-0.3, -0.25) is 0 Å². The quantitative estimate of drug-likeness (QED) is 0.866. The lowest BCUT2D eigenvalue weighted by Gasteiger charge is -2.06. The summed E-state index contributed by atoms with van der Waals surface area (Å²) in [5, 5.41) is 6.80. The third-order valence-electron chi connectivity index (χ3n) is 3.08. The minimum absolute atomic E-state index is 0.0154. The first-order valence-corrected chi connectivity index (χ1v) is 7.68. The summed E-state index contributed by atoms with van der Waals surface area (Å²) in [6, 6.07) is 5.06. The van der Waals surface area contributed by atoms with Crippen LogP contribution < -0.4 is 10.0 Å². The van der Waals surface area contributed by atoms with Gasteiger partial charge in [0, 0.05) is 12.2 Å². The molecule has 1 aromatic heterocycles. The summed E-state index contributed by atoms with van der Waals surface area (Å²) >= 11 is 0. The molecule has 0 atom stereocenters. The van der Waals surface area contributed by atoms with Gasteiger partial charge >= 0.3 is 0 Å². The Balaban J connectivity index is 1.78. The minimum Gasteiger partial charge on any atom is -0.384 e. The molecule has 3 rings (SSSR count). The Hall–Kier alpha value is -1.93. The smallest absolute Gasteiger partial charge is 0.241 e. The van der Waals surface area contributed by atoms with Gasteiger partial charge in [-0.05, 0) is 37.1 Å². The van der Waals surface area contributed by atoms with Crippen LogP contribution in [0, 0.1) is 6.92 Å². The lowest BCUT2D eigenvalue weighted by atomic mass is 10.2. The lowest BCUT2D eigenvalue weighted by molar-refractivity contribution is 0.372. The van der Waals surface area contributed by atoms with Crippen LogP contribution in [0.15, 0.2) is 27.6 Å². The number of nitrogens with zero attached hydrogens (tertiary/aromatic N) is 2. The zero-order valence-electron chi connectivity index (χ0n) is 10.9. The molecular formula is C12H14N4O3S. The SMILES string of the molecule is Cc1noc(CNS(=O)(=O)c2ccc3c(c2)CCN3)n1. The number of hydrogen-bond donors (Lipinski definition) is 2. The maximum atomic E-state index is 12.2. The molecule has 0 aliphatic carbocycles. The predicted octanol–water partition coefficient (Wildman–Crippen LogP) is 0.825. The molecule has 2 N–H and O–H groups in total. The Bertz CT molecular complexity index is 739. The molecule has 2 heterocycles. The van der Waals surface area contributed by atoms with E-state index in [2.05, 4.69) is 20.2 Å². The van der Waals surface area contributed by atoms with E-state index in [1.54, 1.807) is 25.1 Å². The molecule has 106 valence electrons. The lowest BCUT2D eigenvalue weighted by Crippen LogP contribution is -2.23. The van der Waals surface area contributed by atoms with Gasteiger partial charge in [-0.25, -0.2) is 13.1 Å². The monoisotopic (exact) mass is 294 g/mol. The molecule has 0 saturated carbocycles. The van der Waals surface area contributed by atoms with Gasteiger partial charge in [-0.15, -0.1) is 0 Å².